The second kappa shape index (κ2) is 6.58. The Hall–Kier alpha value is -1.08. The first kappa shape index (κ1) is 17.0. The lowest BCUT2D eigenvalue weighted by atomic mass is 10.1. The predicted molar refractivity (Wildman–Crippen MR) is 85.6 cm³/mol. The third kappa shape index (κ3) is 5.92. The average Bonchev–Trinajstić information content (AvgIpc) is 2.26. The number of nitrogens with zero attached hydrogens (tertiary/aromatic N) is 1. The van der Waals surface area contributed by atoms with Gasteiger partial charge in [0.2, 0.25) is 0 Å². The number of benzene rings is 1. The van der Waals surface area contributed by atoms with Crippen LogP contribution in [-0.2, 0) is 9.84 Å². The van der Waals surface area contributed by atoms with Crippen LogP contribution in [0.1, 0.15) is 20.8 Å². The lowest BCUT2D eigenvalue weighted by Gasteiger charge is -2.20. The predicted octanol–water partition coefficient (Wildman–Crippen LogP) is 1.93. The Morgan fingerprint density at radius 1 is 1.30 bits per heavy atom. The molecule has 0 atom stereocenters. The third-order valence-corrected chi connectivity index (χ3v) is 4.56. The molecule has 0 unspecified atom stereocenters. The van der Waals surface area contributed by atoms with Crippen molar-refractivity contribution in [1.82, 2.24) is 5.32 Å². The monoisotopic (exact) mass is 361 g/mol. The number of hydrogen-bond acceptors (Lipinski definition) is 3. The number of nitrogens with one attached hydrogen (secondary N) is 1. The van der Waals surface area contributed by atoms with Crippen LogP contribution in [0, 0.1) is 0 Å². The van der Waals surface area contributed by atoms with Gasteiger partial charge in [-0.2, -0.15) is 0 Å². The zero-order valence-electron chi connectivity index (χ0n) is 11.9. The van der Waals surface area contributed by atoms with E-state index in [-0.39, 0.29) is 23.8 Å². The Kier molecular flexibility index (Phi) is 5.59. The van der Waals surface area contributed by atoms with E-state index in [0.29, 0.717) is 4.90 Å². The molecule has 0 fully saturated rings. The number of aliphatic imine (C=N–C) groups is 1. The fourth-order valence-electron chi connectivity index (χ4n) is 1.47. The lowest BCUT2D eigenvalue weighted by Crippen LogP contribution is -2.45. The van der Waals surface area contributed by atoms with Crippen molar-refractivity contribution in [3.8, 4) is 0 Å². The van der Waals surface area contributed by atoms with Gasteiger partial charge in [0.1, 0.15) is 0 Å². The van der Waals surface area contributed by atoms with Gasteiger partial charge in [-0.3, -0.25) is 4.99 Å². The van der Waals surface area contributed by atoms with Gasteiger partial charge in [-0.05, 0) is 45.0 Å². The SMILES string of the molecule is CC(C)(C)NC(N)=NCCS(=O)(=O)c1ccc(Br)cc1. The molecular weight excluding hydrogens is 342 g/mol. The van der Waals surface area contributed by atoms with Crippen LogP contribution in [-0.4, -0.2) is 32.2 Å². The largest absolute Gasteiger partial charge is 0.370 e. The third-order valence-electron chi connectivity index (χ3n) is 2.32. The van der Waals surface area contributed by atoms with E-state index in [0.717, 1.165) is 4.47 Å². The first-order valence-corrected chi connectivity index (χ1v) is 8.61. The topological polar surface area (TPSA) is 84.5 Å². The second-order valence-electron chi connectivity index (χ2n) is 5.41. The van der Waals surface area contributed by atoms with Gasteiger partial charge in [0.05, 0.1) is 17.2 Å². The summed E-state index contributed by atoms with van der Waals surface area (Å²) < 4.78 is 25.0. The molecule has 0 aromatic heterocycles. The molecule has 112 valence electrons. The number of rotatable bonds is 4. The molecule has 1 aromatic rings. The Morgan fingerprint density at radius 3 is 2.35 bits per heavy atom. The van der Waals surface area contributed by atoms with Crippen molar-refractivity contribution in [2.75, 3.05) is 12.3 Å². The summed E-state index contributed by atoms with van der Waals surface area (Å²) >= 11 is 3.27. The van der Waals surface area contributed by atoms with Crippen molar-refractivity contribution in [2.24, 2.45) is 10.7 Å². The van der Waals surface area contributed by atoms with Gasteiger partial charge in [-0.1, -0.05) is 15.9 Å². The van der Waals surface area contributed by atoms with E-state index in [2.05, 4.69) is 26.2 Å². The van der Waals surface area contributed by atoms with Crippen molar-refractivity contribution < 1.29 is 8.42 Å². The number of guanidine groups is 1. The standard InChI is InChI=1S/C13H20BrN3O2S/c1-13(2,3)17-12(15)16-8-9-20(18,19)11-6-4-10(14)5-7-11/h4-7H,8-9H2,1-3H3,(H3,15,16,17). The Bertz CT molecular complexity index is 575. The maximum Gasteiger partial charge on any atom is 0.189 e. The minimum atomic E-state index is -3.33. The molecular formula is C13H20BrN3O2S. The summed E-state index contributed by atoms with van der Waals surface area (Å²) in [6.07, 6.45) is 0. The minimum Gasteiger partial charge on any atom is -0.370 e. The van der Waals surface area contributed by atoms with Crippen molar-refractivity contribution in [3.05, 3.63) is 28.7 Å². The quantitative estimate of drug-likeness (QED) is 0.633. The number of nitrogens with two attached hydrogens (primary N) is 1. The maximum absolute atomic E-state index is 12.1. The Morgan fingerprint density at radius 2 is 1.85 bits per heavy atom. The summed E-state index contributed by atoms with van der Waals surface area (Å²) in [5, 5.41) is 2.98. The molecule has 5 nitrogen and oxygen atoms in total. The van der Waals surface area contributed by atoms with E-state index >= 15 is 0 Å². The molecule has 7 heteroatoms. The first-order chi connectivity index (χ1) is 9.10. The zero-order valence-corrected chi connectivity index (χ0v) is 14.3. The van der Waals surface area contributed by atoms with Crippen LogP contribution >= 0.6 is 15.9 Å². The van der Waals surface area contributed by atoms with Gasteiger partial charge in [-0.25, -0.2) is 8.42 Å². The molecule has 0 aliphatic rings. The zero-order chi connectivity index (χ0) is 15.4. The van der Waals surface area contributed by atoms with Crippen LogP contribution in [0.3, 0.4) is 0 Å². The van der Waals surface area contributed by atoms with Crippen molar-refractivity contribution in [2.45, 2.75) is 31.2 Å². The first-order valence-electron chi connectivity index (χ1n) is 6.16. The van der Waals surface area contributed by atoms with Crippen molar-refractivity contribution in [1.29, 1.82) is 0 Å². The molecule has 20 heavy (non-hydrogen) atoms. The van der Waals surface area contributed by atoms with E-state index in [4.69, 9.17) is 5.73 Å². The molecule has 0 aliphatic carbocycles. The number of halogens is 1. The van der Waals surface area contributed by atoms with E-state index in [9.17, 15) is 8.42 Å². The molecule has 0 radical (unpaired) electrons. The summed E-state index contributed by atoms with van der Waals surface area (Å²) in [6.45, 7) is 5.99. The lowest BCUT2D eigenvalue weighted by molar-refractivity contribution is 0.508. The van der Waals surface area contributed by atoms with Gasteiger partial charge < -0.3 is 11.1 Å². The van der Waals surface area contributed by atoms with Crippen LogP contribution in [0.15, 0.2) is 38.6 Å². The summed E-state index contributed by atoms with van der Waals surface area (Å²) in [5.74, 6) is 0.185. The molecule has 1 aromatic carbocycles. The molecule has 3 N–H and O–H groups in total. The van der Waals surface area contributed by atoms with Gasteiger partial charge in [0.15, 0.2) is 15.8 Å². The number of sulfone groups is 1. The van der Waals surface area contributed by atoms with Gasteiger partial charge in [-0.15, -0.1) is 0 Å². The highest BCUT2D eigenvalue weighted by atomic mass is 79.9. The summed E-state index contributed by atoms with van der Waals surface area (Å²) in [4.78, 5) is 4.32. The van der Waals surface area contributed by atoms with Crippen LogP contribution in [0.25, 0.3) is 0 Å². The molecule has 1 rings (SSSR count). The average molecular weight is 362 g/mol. The second-order valence-corrected chi connectivity index (χ2v) is 8.44. The van der Waals surface area contributed by atoms with Crippen LogP contribution < -0.4 is 11.1 Å². The van der Waals surface area contributed by atoms with Crippen LogP contribution in [0.2, 0.25) is 0 Å². The Balaban J connectivity index is 2.65. The smallest absolute Gasteiger partial charge is 0.189 e. The van der Waals surface area contributed by atoms with Crippen molar-refractivity contribution in [3.63, 3.8) is 0 Å². The number of hydrogen-bond donors (Lipinski definition) is 2. The molecule has 0 saturated heterocycles. The fraction of sp³-hybridized carbons (Fsp3) is 0.462. The maximum atomic E-state index is 12.1. The highest BCUT2D eigenvalue weighted by Gasteiger charge is 2.14. The van der Waals surface area contributed by atoms with Gasteiger partial charge in [0.25, 0.3) is 0 Å². The van der Waals surface area contributed by atoms with E-state index < -0.39 is 9.84 Å². The fourth-order valence-corrected chi connectivity index (χ4v) is 2.85. The highest BCUT2D eigenvalue weighted by Crippen LogP contribution is 2.15. The summed E-state index contributed by atoms with van der Waals surface area (Å²) in [6, 6.07) is 6.54. The minimum absolute atomic E-state index is 0.0683. The molecule has 0 amide bonds. The van der Waals surface area contributed by atoms with Crippen LogP contribution in [0.5, 0.6) is 0 Å². The summed E-state index contributed by atoms with van der Waals surface area (Å²) in [7, 11) is -3.33. The van der Waals surface area contributed by atoms with Crippen LogP contribution in [0.4, 0.5) is 0 Å². The molecule has 0 spiro atoms. The highest BCUT2D eigenvalue weighted by molar-refractivity contribution is 9.10. The molecule has 0 aliphatic heterocycles. The normalized spacial score (nSPS) is 13.3. The molecule has 0 saturated carbocycles. The van der Waals surface area contributed by atoms with E-state index in [1.165, 1.54) is 0 Å². The van der Waals surface area contributed by atoms with E-state index in [1.807, 2.05) is 20.8 Å². The summed E-state index contributed by atoms with van der Waals surface area (Å²) in [5.41, 5.74) is 5.49. The van der Waals surface area contributed by atoms with E-state index in [1.54, 1.807) is 24.3 Å². The Labute approximate surface area is 128 Å². The molecule has 0 heterocycles. The van der Waals surface area contributed by atoms with Gasteiger partial charge in [0, 0.05) is 10.0 Å². The van der Waals surface area contributed by atoms with Crippen molar-refractivity contribution >= 4 is 31.7 Å². The van der Waals surface area contributed by atoms with Gasteiger partial charge >= 0.3 is 0 Å². The molecule has 0 bridgehead atoms.